The summed E-state index contributed by atoms with van der Waals surface area (Å²) in [6.45, 7) is 7.04. The Kier molecular flexibility index (Phi) is 6.23. The summed E-state index contributed by atoms with van der Waals surface area (Å²) in [5.74, 6) is 0.999. The van der Waals surface area contributed by atoms with Gasteiger partial charge in [0.1, 0.15) is 0 Å². The van der Waals surface area contributed by atoms with Crippen molar-refractivity contribution in [3.8, 4) is 0 Å². The fourth-order valence-electron chi connectivity index (χ4n) is 1.81. The highest BCUT2D eigenvalue weighted by atomic mass is 16.6. The van der Waals surface area contributed by atoms with Crippen LogP contribution in [0.2, 0.25) is 0 Å². The van der Waals surface area contributed by atoms with Crippen LogP contribution >= 0.6 is 0 Å². The molecule has 0 aliphatic rings. The van der Waals surface area contributed by atoms with E-state index in [2.05, 4.69) is 15.6 Å². The van der Waals surface area contributed by atoms with Crippen molar-refractivity contribution < 1.29 is 9.66 Å². The number of nitrogens with one attached hydrogen (secondary N) is 2. The zero-order valence-corrected chi connectivity index (χ0v) is 11.6. The number of anilines is 1. The first-order valence-corrected chi connectivity index (χ1v) is 6.26. The van der Waals surface area contributed by atoms with Crippen LogP contribution in [0, 0.1) is 17.0 Å². The Labute approximate surface area is 112 Å². The van der Waals surface area contributed by atoms with Gasteiger partial charge in [-0.15, -0.1) is 0 Å². The van der Waals surface area contributed by atoms with Gasteiger partial charge >= 0.3 is 5.82 Å². The maximum absolute atomic E-state index is 10.9. The Bertz CT molecular complexity index is 419. The maximum atomic E-state index is 10.9. The summed E-state index contributed by atoms with van der Waals surface area (Å²) < 4.78 is 6.71. The van der Waals surface area contributed by atoms with E-state index in [1.807, 2.05) is 6.92 Å². The van der Waals surface area contributed by atoms with Crippen LogP contribution in [0.15, 0.2) is 0 Å². The molecule has 0 atom stereocenters. The molecule has 0 unspecified atom stereocenters. The predicted molar refractivity (Wildman–Crippen MR) is 72.5 cm³/mol. The molecule has 0 saturated heterocycles. The van der Waals surface area contributed by atoms with Crippen LogP contribution in [-0.2, 0) is 11.3 Å². The molecule has 8 heteroatoms. The van der Waals surface area contributed by atoms with E-state index in [9.17, 15) is 10.1 Å². The van der Waals surface area contributed by atoms with Gasteiger partial charge in [-0.25, -0.2) is 0 Å². The number of aryl methyl sites for hydroxylation is 1. The van der Waals surface area contributed by atoms with Gasteiger partial charge in [0.15, 0.2) is 0 Å². The summed E-state index contributed by atoms with van der Waals surface area (Å²) in [4.78, 5) is 14.4. The van der Waals surface area contributed by atoms with E-state index in [1.54, 1.807) is 18.6 Å². The minimum Gasteiger partial charge on any atom is -0.383 e. The van der Waals surface area contributed by atoms with E-state index in [-0.39, 0.29) is 5.82 Å². The van der Waals surface area contributed by atoms with Gasteiger partial charge in [-0.1, -0.05) is 0 Å². The van der Waals surface area contributed by atoms with Crippen LogP contribution in [0.5, 0.6) is 0 Å². The summed E-state index contributed by atoms with van der Waals surface area (Å²) in [7, 11) is 1.64. The summed E-state index contributed by atoms with van der Waals surface area (Å²) in [5.41, 5.74) is 0. The van der Waals surface area contributed by atoms with Gasteiger partial charge in [0, 0.05) is 40.2 Å². The monoisotopic (exact) mass is 271 g/mol. The number of hydrogen-bond donors (Lipinski definition) is 2. The number of nitrogens with zero attached hydrogens (tertiary/aromatic N) is 3. The van der Waals surface area contributed by atoms with E-state index < -0.39 is 4.92 Å². The lowest BCUT2D eigenvalue weighted by Gasteiger charge is -2.09. The second-order valence-electron chi connectivity index (χ2n) is 4.00. The van der Waals surface area contributed by atoms with Gasteiger partial charge in [0.2, 0.25) is 11.6 Å². The largest absolute Gasteiger partial charge is 0.406 e. The second kappa shape index (κ2) is 7.70. The minimum absolute atomic E-state index is 0.115. The second-order valence-corrected chi connectivity index (χ2v) is 4.00. The van der Waals surface area contributed by atoms with Crippen LogP contribution in [0.4, 0.5) is 11.6 Å². The van der Waals surface area contributed by atoms with Gasteiger partial charge in [-0.2, -0.15) is 0 Å². The number of aromatic nitrogens is 2. The third-order valence-electron chi connectivity index (χ3n) is 2.71. The number of nitro groups is 1. The zero-order chi connectivity index (χ0) is 14.3. The third-order valence-corrected chi connectivity index (χ3v) is 2.71. The molecule has 19 heavy (non-hydrogen) atoms. The van der Waals surface area contributed by atoms with Crippen LogP contribution in [-0.4, -0.2) is 47.8 Å². The van der Waals surface area contributed by atoms with E-state index in [4.69, 9.17) is 4.74 Å². The molecule has 0 fully saturated rings. The van der Waals surface area contributed by atoms with Gasteiger partial charge < -0.3 is 25.5 Å². The zero-order valence-electron chi connectivity index (χ0n) is 11.6. The normalized spacial score (nSPS) is 10.7. The average molecular weight is 271 g/mol. The molecule has 1 rings (SSSR count). The summed E-state index contributed by atoms with van der Waals surface area (Å²) >= 11 is 0. The topological polar surface area (TPSA) is 94.2 Å². The standard InChI is InChI=1S/C11H21N5O3/c1-4-15-9(2)14-11(16(17)18)10(15)13-6-5-12-7-8-19-3/h12-13H,4-8H2,1-3H3. The van der Waals surface area contributed by atoms with E-state index >= 15 is 0 Å². The van der Waals surface area contributed by atoms with Crippen molar-refractivity contribution in [3.63, 3.8) is 0 Å². The molecule has 1 aromatic heterocycles. The molecule has 108 valence electrons. The number of methoxy groups -OCH3 is 1. The molecule has 0 aromatic carbocycles. The van der Waals surface area contributed by atoms with Crippen molar-refractivity contribution in [2.45, 2.75) is 20.4 Å². The molecule has 0 bridgehead atoms. The number of hydrogen-bond acceptors (Lipinski definition) is 6. The molecule has 0 aliphatic carbocycles. The van der Waals surface area contributed by atoms with Crippen molar-refractivity contribution in [1.82, 2.24) is 14.9 Å². The van der Waals surface area contributed by atoms with Crippen molar-refractivity contribution >= 4 is 11.6 Å². The fourth-order valence-corrected chi connectivity index (χ4v) is 1.81. The van der Waals surface area contributed by atoms with Gasteiger partial charge in [-0.3, -0.25) is 4.57 Å². The molecule has 1 heterocycles. The van der Waals surface area contributed by atoms with E-state index in [0.29, 0.717) is 37.9 Å². The molecule has 8 nitrogen and oxygen atoms in total. The van der Waals surface area contributed by atoms with Crippen LogP contribution in [0.25, 0.3) is 0 Å². The van der Waals surface area contributed by atoms with Crippen LogP contribution < -0.4 is 10.6 Å². The summed E-state index contributed by atoms with van der Waals surface area (Å²) in [5, 5.41) is 17.2. The highest BCUT2D eigenvalue weighted by Crippen LogP contribution is 2.24. The fraction of sp³-hybridized carbons (Fsp3) is 0.727. The Morgan fingerprint density at radius 3 is 2.74 bits per heavy atom. The van der Waals surface area contributed by atoms with Crippen LogP contribution in [0.1, 0.15) is 12.7 Å². The first kappa shape index (κ1) is 15.4. The van der Waals surface area contributed by atoms with Crippen molar-refractivity contribution in [3.05, 3.63) is 15.9 Å². The Hall–Kier alpha value is -1.67. The minimum atomic E-state index is -0.458. The first-order valence-electron chi connectivity index (χ1n) is 6.26. The van der Waals surface area contributed by atoms with E-state index in [0.717, 1.165) is 6.54 Å². The molecule has 0 radical (unpaired) electrons. The molecule has 0 amide bonds. The predicted octanol–water partition coefficient (Wildman–Crippen LogP) is 0.768. The average Bonchev–Trinajstić information content (AvgIpc) is 2.70. The van der Waals surface area contributed by atoms with Crippen molar-refractivity contribution in [2.75, 3.05) is 38.7 Å². The van der Waals surface area contributed by atoms with Gasteiger partial charge in [0.25, 0.3) is 0 Å². The molecular weight excluding hydrogens is 250 g/mol. The summed E-state index contributed by atoms with van der Waals surface area (Å²) in [6.07, 6.45) is 0. The molecule has 0 aliphatic heterocycles. The van der Waals surface area contributed by atoms with Crippen molar-refractivity contribution in [2.24, 2.45) is 0 Å². The maximum Gasteiger partial charge on any atom is 0.406 e. The smallest absolute Gasteiger partial charge is 0.383 e. The Morgan fingerprint density at radius 1 is 1.42 bits per heavy atom. The molecular formula is C11H21N5O3. The molecule has 1 aromatic rings. The first-order chi connectivity index (χ1) is 9.11. The number of rotatable bonds is 9. The summed E-state index contributed by atoms with van der Waals surface area (Å²) in [6, 6.07) is 0. The Morgan fingerprint density at radius 2 is 2.16 bits per heavy atom. The number of ether oxygens (including phenoxy) is 1. The number of imidazole rings is 1. The third kappa shape index (κ3) is 4.18. The quantitative estimate of drug-likeness (QED) is 0.391. The van der Waals surface area contributed by atoms with E-state index in [1.165, 1.54) is 0 Å². The molecule has 2 N–H and O–H groups in total. The lowest BCUT2D eigenvalue weighted by atomic mass is 10.5. The van der Waals surface area contributed by atoms with Crippen molar-refractivity contribution in [1.29, 1.82) is 0 Å². The molecule has 0 spiro atoms. The highest BCUT2D eigenvalue weighted by Gasteiger charge is 2.24. The molecule has 0 saturated carbocycles. The lowest BCUT2D eigenvalue weighted by Crippen LogP contribution is -2.26. The van der Waals surface area contributed by atoms with Gasteiger partial charge in [0.05, 0.1) is 6.61 Å². The Balaban J connectivity index is 2.58. The lowest BCUT2D eigenvalue weighted by molar-refractivity contribution is -0.388. The SMILES string of the molecule is CCn1c(C)nc([N+](=O)[O-])c1NCCNCCOC. The van der Waals surface area contributed by atoms with Gasteiger partial charge in [-0.05, 0) is 16.8 Å². The highest BCUT2D eigenvalue weighted by molar-refractivity contribution is 5.53. The van der Waals surface area contributed by atoms with Crippen LogP contribution in [0.3, 0.4) is 0 Å².